The van der Waals surface area contributed by atoms with Crippen molar-refractivity contribution >= 4 is 5.91 Å². The van der Waals surface area contributed by atoms with Gasteiger partial charge in [0.25, 0.3) is 0 Å². The molecular weight excluding hydrogens is 420 g/mol. The molecule has 1 unspecified atom stereocenters. The minimum atomic E-state index is -0.379. The van der Waals surface area contributed by atoms with Crippen molar-refractivity contribution in [2.45, 2.75) is 44.1 Å². The van der Waals surface area contributed by atoms with Crippen LogP contribution in [0.2, 0.25) is 0 Å². The largest absolute Gasteiger partial charge is 0.396 e. The number of likely N-dealkylation sites (tertiary alicyclic amines) is 1. The molecule has 172 valence electrons. The van der Waals surface area contributed by atoms with Crippen LogP contribution in [0, 0.1) is 11.6 Å². The van der Waals surface area contributed by atoms with Gasteiger partial charge in [0.1, 0.15) is 11.6 Å². The van der Waals surface area contributed by atoms with Gasteiger partial charge in [-0.3, -0.25) is 4.79 Å². The summed E-state index contributed by atoms with van der Waals surface area (Å²) in [5.41, 5.74) is 3.56. The molecule has 1 aliphatic heterocycles. The van der Waals surface area contributed by atoms with Crippen LogP contribution in [0.4, 0.5) is 8.78 Å². The SMILES string of the molecule is C[C@@H](c1ccc(-c2ccc(F)cc2)cc1)N1CCC(CCCO)(c2ccc(F)cc2)CC1=O. The Hall–Kier alpha value is -3.05. The number of aliphatic hydroxyl groups excluding tert-OH is 1. The number of rotatable bonds is 7. The van der Waals surface area contributed by atoms with Gasteiger partial charge in [0.2, 0.25) is 5.91 Å². The van der Waals surface area contributed by atoms with Crippen LogP contribution in [0.25, 0.3) is 11.1 Å². The van der Waals surface area contributed by atoms with E-state index in [1.807, 2.05) is 36.1 Å². The summed E-state index contributed by atoms with van der Waals surface area (Å²) in [5, 5.41) is 9.40. The summed E-state index contributed by atoms with van der Waals surface area (Å²) in [4.78, 5) is 15.2. The Morgan fingerprint density at radius 2 is 1.45 bits per heavy atom. The second-order valence-corrected chi connectivity index (χ2v) is 8.93. The molecule has 0 saturated carbocycles. The zero-order valence-electron chi connectivity index (χ0n) is 18.8. The van der Waals surface area contributed by atoms with Crippen molar-refractivity contribution < 1.29 is 18.7 Å². The Morgan fingerprint density at radius 1 is 0.909 bits per heavy atom. The van der Waals surface area contributed by atoms with E-state index >= 15 is 0 Å². The van der Waals surface area contributed by atoms with Crippen molar-refractivity contribution in [3.63, 3.8) is 0 Å². The molecule has 2 atom stereocenters. The summed E-state index contributed by atoms with van der Waals surface area (Å²) >= 11 is 0. The van der Waals surface area contributed by atoms with Crippen molar-refractivity contribution in [1.29, 1.82) is 0 Å². The molecule has 1 fully saturated rings. The Balaban J connectivity index is 1.50. The highest BCUT2D eigenvalue weighted by molar-refractivity contribution is 5.79. The molecular formula is C28H29F2NO2. The topological polar surface area (TPSA) is 40.5 Å². The summed E-state index contributed by atoms with van der Waals surface area (Å²) in [7, 11) is 0. The first-order valence-corrected chi connectivity index (χ1v) is 11.4. The fourth-order valence-electron chi connectivity index (χ4n) is 4.95. The van der Waals surface area contributed by atoms with Crippen molar-refractivity contribution in [1.82, 2.24) is 4.90 Å². The quantitative estimate of drug-likeness (QED) is 0.479. The van der Waals surface area contributed by atoms with Crippen LogP contribution < -0.4 is 0 Å². The van der Waals surface area contributed by atoms with Gasteiger partial charge in [0.15, 0.2) is 0 Å². The predicted molar refractivity (Wildman–Crippen MR) is 126 cm³/mol. The van der Waals surface area contributed by atoms with Crippen LogP contribution in [-0.2, 0) is 10.2 Å². The van der Waals surface area contributed by atoms with Crippen molar-refractivity contribution in [2.24, 2.45) is 0 Å². The molecule has 0 aromatic heterocycles. The fraction of sp³-hybridized carbons (Fsp3) is 0.321. The molecule has 3 aromatic carbocycles. The highest BCUT2D eigenvalue weighted by Crippen LogP contribution is 2.42. The third kappa shape index (κ3) is 4.98. The van der Waals surface area contributed by atoms with Gasteiger partial charge < -0.3 is 10.0 Å². The first-order valence-electron chi connectivity index (χ1n) is 11.4. The second kappa shape index (κ2) is 9.84. The summed E-state index contributed by atoms with van der Waals surface area (Å²) in [6.45, 7) is 2.70. The molecule has 33 heavy (non-hydrogen) atoms. The molecule has 4 rings (SSSR count). The van der Waals surface area contributed by atoms with Gasteiger partial charge >= 0.3 is 0 Å². The minimum absolute atomic E-state index is 0.0671. The molecule has 0 spiro atoms. The number of halogens is 2. The van der Waals surface area contributed by atoms with Gasteiger partial charge in [-0.05, 0) is 72.7 Å². The van der Waals surface area contributed by atoms with Crippen LogP contribution in [-0.4, -0.2) is 29.1 Å². The van der Waals surface area contributed by atoms with E-state index in [-0.39, 0.29) is 35.6 Å². The number of hydrogen-bond donors (Lipinski definition) is 1. The van der Waals surface area contributed by atoms with E-state index in [0.717, 1.165) is 28.7 Å². The first kappa shape index (κ1) is 23.1. The highest BCUT2D eigenvalue weighted by Gasteiger charge is 2.41. The summed E-state index contributed by atoms with van der Waals surface area (Å²) < 4.78 is 26.7. The molecule has 0 aliphatic carbocycles. The lowest BCUT2D eigenvalue weighted by molar-refractivity contribution is -0.138. The molecule has 1 N–H and O–H groups in total. The van der Waals surface area contributed by atoms with E-state index in [2.05, 4.69) is 0 Å². The highest BCUT2D eigenvalue weighted by atomic mass is 19.1. The summed E-state index contributed by atoms with van der Waals surface area (Å²) in [6, 6.07) is 20.8. The lowest BCUT2D eigenvalue weighted by Gasteiger charge is -2.44. The molecule has 1 amide bonds. The molecule has 3 aromatic rings. The number of amides is 1. The van der Waals surface area contributed by atoms with E-state index in [0.29, 0.717) is 25.8 Å². The lowest BCUT2D eigenvalue weighted by atomic mass is 9.69. The number of carbonyl (C=O) groups is 1. The summed E-state index contributed by atoms with van der Waals surface area (Å²) in [5.74, 6) is -0.487. The zero-order chi connectivity index (χ0) is 23.4. The summed E-state index contributed by atoms with van der Waals surface area (Å²) in [6.07, 6.45) is 2.40. The van der Waals surface area contributed by atoms with E-state index in [4.69, 9.17) is 0 Å². The third-order valence-electron chi connectivity index (χ3n) is 6.95. The fourth-order valence-corrected chi connectivity index (χ4v) is 4.95. The van der Waals surface area contributed by atoms with Gasteiger partial charge in [-0.25, -0.2) is 8.78 Å². The lowest BCUT2D eigenvalue weighted by Crippen LogP contribution is -2.47. The Kier molecular flexibility index (Phi) is 6.89. The zero-order valence-corrected chi connectivity index (χ0v) is 18.8. The van der Waals surface area contributed by atoms with E-state index in [1.165, 1.54) is 24.3 Å². The van der Waals surface area contributed by atoms with Crippen LogP contribution >= 0.6 is 0 Å². The molecule has 0 bridgehead atoms. The van der Waals surface area contributed by atoms with Crippen molar-refractivity contribution in [3.8, 4) is 11.1 Å². The van der Waals surface area contributed by atoms with Crippen LogP contribution in [0.3, 0.4) is 0 Å². The molecule has 3 nitrogen and oxygen atoms in total. The molecule has 1 heterocycles. The van der Waals surface area contributed by atoms with Gasteiger partial charge in [-0.1, -0.05) is 48.5 Å². The van der Waals surface area contributed by atoms with Gasteiger partial charge in [0.05, 0.1) is 6.04 Å². The maximum Gasteiger partial charge on any atom is 0.223 e. The van der Waals surface area contributed by atoms with Crippen LogP contribution in [0.1, 0.15) is 49.8 Å². The molecule has 0 radical (unpaired) electrons. The number of nitrogens with zero attached hydrogens (tertiary/aromatic N) is 1. The number of piperidine rings is 1. The normalized spacial score (nSPS) is 19.5. The van der Waals surface area contributed by atoms with Gasteiger partial charge in [-0.2, -0.15) is 0 Å². The van der Waals surface area contributed by atoms with E-state index in [1.54, 1.807) is 24.3 Å². The van der Waals surface area contributed by atoms with Crippen LogP contribution in [0.5, 0.6) is 0 Å². The average Bonchev–Trinajstić information content (AvgIpc) is 2.83. The maximum absolute atomic E-state index is 13.5. The number of hydrogen-bond acceptors (Lipinski definition) is 2. The van der Waals surface area contributed by atoms with E-state index in [9.17, 15) is 18.7 Å². The molecule has 1 aliphatic rings. The average molecular weight is 450 g/mol. The minimum Gasteiger partial charge on any atom is -0.396 e. The van der Waals surface area contributed by atoms with E-state index < -0.39 is 0 Å². The molecule has 1 saturated heterocycles. The third-order valence-corrected chi connectivity index (χ3v) is 6.95. The predicted octanol–water partition coefficient (Wildman–Crippen LogP) is 6.03. The number of carbonyl (C=O) groups excluding carboxylic acids is 1. The Labute approximate surface area is 193 Å². The standard InChI is InChI=1S/C28H29F2NO2/c1-20(21-3-5-22(6-4-21)23-7-11-25(29)12-8-23)31-17-16-28(15-2-18-32,19-27(31)33)24-9-13-26(30)14-10-24/h3-14,20,32H,2,15-19H2,1H3/t20-,28?/m0/s1. The Morgan fingerprint density at radius 3 is 2.00 bits per heavy atom. The van der Waals surface area contributed by atoms with Crippen LogP contribution in [0.15, 0.2) is 72.8 Å². The second-order valence-electron chi connectivity index (χ2n) is 8.93. The van der Waals surface area contributed by atoms with Crippen molar-refractivity contribution in [2.75, 3.05) is 13.2 Å². The van der Waals surface area contributed by atoms with Gasteiger partial charge in [0, 0.05) is 25.0 Å². The smallest absolute Gasteiger partial charge is 0.223 e. The number of aliphatic hydroxyl groups is 1. The first-order chi connectivity index (χ1) is 15.9. The Bertz CT molecular complexity index is 1080. The monoisotopic (exact) mass is 449 g/mol. The maximum atomic E-state index is 13.5. The molecule has 5 heteroatoms. The number of benzene rings is 3. The van der Waals surface area contributed by atoms with Crippen molar-refractivity contribution in [3.05, 3.63) is 95.6 Å². The van der Waals surface area contributed by atoms with Gasteiger partial charge in [-0.15, -0.1) is 0 Å².